The molecule has 0 bridgehead atoms. The molecule has 0 aromatic carbocycles. The van der Waals surface area contributed by atoms with Gasteiger partial charge >= 0.3 is 0 Å². The number of hydrogen-bond acceptors (Lipinski definition) is 5. The van der Waals surface area contributed by atoms with E-state index in [0.717, 1.165) is 5.69 Å². The summed E-state index contributed by atoms with van der Waals surface area (Å²) in [6.07, 6.45) is 4.25. The minimum Gasteiger partial charge on any atom is -0.348 e. The van der Waals surface area contributed by atoms with Gasteiger partial charge in [-0.05, 0) is 25.0 Å². The van der Waals surface area contributed by atoms with Gasteiger partial charge in [-0.3, -0.25) is 4.79 Å². The van der Waals surface area contributed by atoms with Crippen LogP contribution in [0.4, 0.5) is 0 Å². The summed E-state index contributed by atoms with van der Waals surface area (Å²) in [5.41, 5.74) is 1.21. The predicted molar refractivity (Wildman–Crippen MR) is 85.3 cm³/mol. The monoisotopic (exact) mass is 334 g/mol. The Hall–Kier alpha value is -2.22. The lowest BCUT2D eigenvalue weighted by Crippen LogP contribution is -2.35. The molecular formula is C15H18N4O3S. The molecule has 0 aliphatic carbocycles. The maximum absolute atomic E-state index is 12.5. The highest BCUT2D eigenvalue weighted by atomic mass is 32.2. The quantitative estimate of drug-likeness (QED) is 0.890. The molecule has 1 aliphatic heterocycles. The molecule has 0 saturated carbocycles. The van der Waals surface area contributed by atoms with Gasteiger partial charge in [0.1, 0.15) is 0 Å². The van der Waals surface area contributed by atoms with Crippen molar-refractivity contribution in [3.63, 3.8) is 0 Å². The molecule has 0 radical (unpaired) electrons. The predicted octanol–water partition coefficient (Wildman–Crippen LogP) is 0.747. The molecule has 3 rings (SSSR count). The van der Waals surface area contributed by atoms with Crippen molar-refractivity contribution in [2.45, 2.75) is 25.8 Å². The fourth-order valence-corrected chi connectivity index (χ4v) is 4.43. The molecule has 23 heavy (non-hydrogen) atoms. The van der Waals surface area contributed by atoms with E-state index in [4.69, 9.17) is 0 Å². The zero-order chi connectivity index (χ0) is 16.4. The van der Waals surface area contributed by atoms with E-state index in [2.05, 4.69) is 15.4 Å². The van der Waals surface area contributed by atoms with Crippen LogP contribution in [0.25, 0.3) is 5.82 Å². The minimum atomic E-state index is -3.02. The SMILES string of the molecule is CCc1c(C(=O)N[C@H]2CCS(=O)(=O)C2)cnn1-c1ccccn1. The van der Waals surface area contributed by atoms with Crippen LogP contribution in [0, 0.1) is 0 Å². The van der Waals surface area contributed by atoms with Gasteiger partial charge in [0.15, 0.2) is 15.7 Å². The van der Waals surface area contributed by atoms with Crippen molar-refractivity contribution in [1.82, 2.24) is 20.1 Å². The Kier molecular flexibility index (Phi) is 4.16. The molecule has 8 heteroatoms. The maximum atomic E-state index is 12.5. The fourth-order valence-electron chi connectivity index (χ4n) is 2.75. The smallest absolute Gasteiger partial charge is 0.255 e. The molecule has 1 amide bonds. The molecule has 1 fully saturated rings. The van der Waals surface area contributed by atoms with Crippen molar-refractivity contribution in [1.29, 1.82) is 0 Å². The van der Waals surface area contributed by atoms with Crippen LogP contribution in [-0.4, -0.2) is 46.6 Å². The number of amides is 1. The second kappa shape index (κ2) is 6.11. The Balaban J connectivity index is 1.83. The number of sulfone groups is 1. The van der Waals surface area contributed by atoms with E-state index in [1.54, 1.807) is 10.9 Å². The lowest BCUT2D eigenvalue weighted by atomic mass is 10.1. The fraction of sp³-hybridized carbons (Fsp3) is 0.400. The average Bonchev–Trinajstić information content (AvgIpc) is 3.11. The van der Waals surface area contributed by atoms with Crippen LogP contribution >= 0.6 is 0 Å². The van der Waals surface area contributed by atoms with E-state index < -0.39 is 9.84 Å². The average molecular weight is 334 g/mol. The molecular weight excluding hydrogens is 316 g/mol. The van der Waals surface area contributed by atoms with Crippen LogP contribution in [0.1, 0.15) is 29.4 Å². The molecule has 2 aromatic heterocycles. The summed E-state index contributed by atoms with van der Waals surface area (Å²) in [5.74, 6) is 0.498. The van der Waals surface area contributed by atoms with Gasteiger partial charge in [0.25, 0.3) is 5.91 Å². The lowest BCUT2D eigenvalue weighted by molar-refractivity contribution is 0.0940. The maximum Gasteiger partial charge on any atom is 0.255 e. The topological polar surface area (TPSA) is 94.0 Å². The first-order valence-corrected chi connectivity index (χ1v) is 9.32. The Labute approximate surface area is 134 Å². The van der Waals surface area contributed by atoms with Crippen LogP contribution in [0.5, 0.6) is 0 Å². The Bertz CT molecular complexity index is 815. The zero-order valence-electron chi connectivity index (χ0n) is 12.8. The van der Waals surface area contributed by atoms with Crippen LogP contribution < -0.4 is 5.32 Å². The molecule has 1 atom stereocenters. The summed E-state index contributed by atoms with van der Waals surface area (Å²) in [6, 6.07) is 5.16. The number of aromatic nitrogens is 3. The molecule has 1 aliphatic rings. The first-order chi connectivity index (χ1) is 11.0. The van der Waals surface area contributed by atoms with Gasteiger partial charge in [0, 0.05) is 12.2 Å². The van der Waals surface area contributed by atoms with Crippen LogP contribution in [0.3, 0.4) is 0 Å². The van der Waals surface area contributed by atoms with E-state index in [0.29, 0.717) is 24.2 Å². The standard InChI is InChI=1S/C15H18N4O3S/c1-2-13-12(9-17-19(13)14-5-3-4-7-16-14)15(20)18-11-6-8-23(21,22)10-11/h3-5,7,9,11H,2,6,8,10H2,1H3,(H,18,20)/t11-/m0/s1. The van der Waals surface area contributed by atoms with Gasteiger partial charge in [-0.25, -0.2) is 18.1 Å². The highest BCUT2D eigenvalue weighted by Gasteiger charge is 2.30. The molecule has 3 heterocycles. The van der Waals surface area contributed by atoms with E-state index in [-0.39, 0.29) is 23.5 Å². The van der Waals surface area contributed by atoms with Gasteiger partial charge in [-0.15, -0.1) is 0 Å². The Morgan fingerprint density at radius 2 is 2.26 bits per heavy atom. The van der Waals surface area contributed by atoms with Crippen molar-refractivity contribution in [2.75, 3.05) is 11.5 Å². The summed E-state index contributed by atoms with van der Waals surface area (Å²) in [6.45, 7) is 1.94. The summed E-state index contributed by atoms with van der Waals surface area (Å²) >= 11 is 0. The van der Waals surface area contributed by atoms with Crippen molar-refractivity contribution in [2.24, 2.45) is 0 Å². The number of nitrogens with one attached hydrogen (secondary N) is 1. The van der Waals surface area contributed by atoms with Crippen molar-refractivity contribution >= 4 is 15.7 Å². The third-order valence-corrected chi connectivity index (χ3v) is 5.65. The largest absolute Gasteiger partial charge is 0.348 e. The van der Waals surface area contributed by atoms with Gasteiger partial charge in [-0.1, -0.05) is 13.0 Å². The van der Waals surface area contributed by atoms with E-state index in [9.17, 15) is 13.2 Å². The number of pyridine rings is 1. The molecule has 0 spiro atoms. The number of rotatable bonds is 4. The molecule has 0 unspecified atom stereocenters. The highest BCUT2D eigenvalue weighted by molar-refractivity contribution is 7.91. The molecule has 7 nitrogen and oxygen atoms in total. The van der Waals surface area contributed by atoms with Crippen LogP contribution in [-0.2, 0) is 16.3 Å². The Morgan fingerprint density at radius 3 is 2.87 bits per heavy atom. The third-order valence-electron chi connectivity index (χ3n) is 3.88. The lowest BCUT2D eigenvalue weighted by Gasteiger charge is -2.11. The molecule has 122 valence electrons. The third kappa shape index (κ3) is 3.26. The van der Waals surface area contributed by atoms with Crippen molar-refractivity contribution in [3.8, 4) is 5.82 Å². The van der Waals surface area contributed by atoms with Crippen LogP contribution in [0.15, 0.2) is 30.6 Å². The van der Waals surface area contributed by atoms with Crippen molar-refractivity contribution in [3.05, 3.63) is 41.9 Å². The van der Waals surface area contributed by atoms with Gasteiger partial charge in [0.2, 0.25) is 0 Å². The number of hydrogen-bond donors (Lipinski definition) is 1. The summed E-state index contributed by atoms with van der Waals surface area (Å²) in [5, 5.41) is 7.05. The Morgan fingerprint density at radius 1 is 1.43 bits per heavy atom. The first-order valence-electron chi connectivity index (χ1n) is 7.50. The van der Waals surface area contributed by atoms with Gasteiger partial charge in [-0.2, -0.15) is 5.10 Å². The zero-order valence-corrected chi connectivity index (χ0v) is 13.6. The first kappa shape index (κ1) is 15.7. The second-order valence-electron chi connectivity index (χ2n) is 5.53. The minimum absolute atomic E-state index is 0.00851. The number of nitrogens with zero attached hydrogens (tertiary/aromatic N) is 3. The number of carbonyl (C=O) groups excluding carboxylic acids is 1. The summed E-state index contributed by atoms with van der Waals surface area (Å²) < 4.78 is 24.6. The molecule has 2 aromatic rings. The van der Waals surface area contributed by atoms with Crippen molar-refractivity contribution < 1.29 is 13.2 Å². The summed E-state index contributed by atoms with van der Waals surface area (Å²) in [7, 11) is -3.02. The van der Waals surface area contributed by atoms with Crippen LogP contribution in [0.2, 0.25) is 0 Å². The molecule has 1 N–H and O–H groups in total. The van der Waals surface area contributed by atoms with Gasteiger partial charge in [0.05, 0.1) is 29.0 Å². The van der Waals surface area contributed by atoms with E-state index in [1.807, 2.05) is 25.1 Å². The number of carbonyl (C=O) groups is 1. The van der Waals surface area contributed by atoms with E-state index in [1.165, 1.54) is 6.20 Å². The highest BCUT2D eigenvalue weighted by Crippen LogP contribution is 2.16. The summed E-state index contributed by atoms with van der Waals surface area (Å²) in [4.78, 5) is 16.7. The molecule has 1 saturated heterocycles. The van der Waals surface area contributed by atoms with Gasteiger partial charge < -0.3 is 5.32 Å². The second-order valence-corrected chi connectivity index (χ2v) is 7.76. The van der Waals surface area contributed by atoms with E-state index >= 15 is 0 Å². The normalized spacial score (nSPS) is 19.6.